The summed E-state index contributed by atoms with van der Waals surface area (Å²) < 4.78 is 40.5. The number of halogens is 4. The molecule has 0 aromatic carbocycles. The van der Waals surface area contributed by atoms with Gasteiger partial charge in [-0.3, -0.25) is 0 Å². The zero-order valence-corrected chi connectivity index (χ0v) is 7.76. The second kappa shape index (κ2) is 3.91. The van der Waals surface area contributed by atoms with E-state index >= 15 is 0 Å². The highest BCUT2D eigenvalue weighted by atomic mass is 79.9. The molecule has 0 saturated heterocycles. The Kier molecular flexibility index (Phi) is 3.07. The lowest BCUT2D eigenvalue weighted by molar-refractivity contribution is -0.190. The van der Waals surface area contributed by atoms with Gasteiger partial charge in [-0.2, -0.15) is 8.78 Å². The normalized spacial score (nSPS) is 11.4. The van der Waals surface area contributed by atoms with E-state index in [-0.39, 0.29) is 0 Å². The maximum atomic E-state index is 12.3. The van der Waals surface area contributed by atoms with Gasteiger partial charge < -0.3 is 4.74 Å². The molecule has 0 atom stereocenters. The summed E-state index contributed by atoms with van der Waals surface area (Å²) in [5.74, 6) is 0. The number of alkyl halides is 3. The molecule has 0 aliphatic heterocycles. The van der Waals surface area contributed by atoms with Crippen LogP contribution in [0, 0.1) is 0 Å². The summed E-state index contributed by atoms with van der Waals surface area (Å²) in [6, 6.07) is -0.564. The van der Waals surface area contributed by atoms with E-state index in [1.165, 1.54) is 12.4 Å². The predicted molar refractivity (Wildman–Crippen MR) is 41.3 cm³/mol. The minimum Gasteiger partial charge on any atom is -0.396 e. The molecule has 1 rings (SSSR count). The molecule has 0 unspecified atom stereocenters. The van der Waals surface area contributed by atoms with Crippen molar-refractivity contribution in [1.29, 1.82) is 0 Å². The SMILES string of the molecule is FCC(F)(F)Oc1ncc(Br)cn1. The van der Waals surface area contributed by atoms with Crippen LogP contribution in [-0.2, 0) is 0 Å². The average molecular weight is 257 g/mol. The highest BCUT2D eigenvalue weighted by Crippen LogP contribution is 2.18. The molecule has 0 aliphatic carbocycles. The van der Waals surface area contributed by atoms with Gasteiger partial charge in [-0.15, -0.1) is 0 Å². The largest absolute Gasteiger partial charge is 0.429 e. The summed E-state index contributed by atoms with van der Waals surface area (Å²) >= 11 is 3.00. The van der Waals surface area contributed by atoms with Crippen molar-refractivity contribution < 1.29 is 17.9 Å². The highest BCUT2D eigenvalue weighted by Gasteiger charge is 2.32. The van der Waals surface area contributed by atoms with E-state index in [4.69, 9.17) is 0 Å². The Bertz CT molecular complexity index is 280. The molecule has 0 bridgehead atoms. The Morgan fingerprint density at radius 1 is 1.38 bits per heavy atom. The van der Waals surface area contributed by atoms with Crippen LogP contribution in [-0.4, -0.2) is 22.8 Å². The van der Waals surface area contributed by atoms with Gasteiger partial charge in [-0.25, -0.2) is 14.4 Å². The minimum atomic E-state index is -3.87. The van der Waals surface area contributed by atoms with Crippen molar-refractivity contribution >= 4 is 15.9 Å². The van der Waals surface area contributed by atoms with Crippen molar-refractivity contribution in [3.63, 3.8) is 0 Å². The molecule has 7 heteroatoms. The fourth-order valence-corrected chi connectivity index (χ4v) is 0.719. The molecular formula is C6H4BrF3N2O. The molecule has 0 amide bonds. The van der Waals surface area contributed by atoms with Crippen LogP contribution in [0.3, 0.4) is 0 Å². The maximum absolute atomic E-state index is 12.3. The van der Waals surface area contributed by atoms with Crippen LogP contribution in [0.4, 0.5) is 13.2 Å². The zero-order valence-electron chi connectivity index (χ0n) is 6.18. The molecule has 1 aromatic rings. The third kappa shape index (κ3) is 3.17. The first-order chi connectivity index (χ1) is 6.03. The van der Waals surface area contributed by atoms with E-state index < -0.39 is 18.8 Å². The molecule has 72 valence electrons. The van der Waals surface area contributed by atoms with Gasteiger partial charge in [0, 0.05) is 12.4 Å². The monoisotopic (exact) mass is 256 g/mol. The van der Waals surface area contributed by atoms with Crippen LogP contribution in [0.25, 0.3) is 0 Å². The van der Waals surface area contributed by atoms with Gasteiger partial charge in [-0.05, 0) is 15.9 Å². The van der Waals surface area contributed by atoms with Crippen LogP contribution in [0.15, 0.2) is 16.9 Å². The third-order valence-electron chi connectivity index (χ3n) is 0.993. The maximum Gasteiger partial charge on any atom is 0.429 e. The van der Waals surface area contributed by atoms with Crippen molar-refractivity contribution in [2.24, 2.45) is 0 Å². The predicted octanol–water partition coefficient (Wildman–Crippen LogP) is 2.18. The Morgan fingerprint density at radius 3 is 2.38 bits per heavy atom. The number of rotatable bonds is 3. The summed E-state index contributed by atoms with van der Waals surface area (Å²) in [6.07, 6.45) is -1.43. The van der Waals surface area contributed by atoms with Gasteiger partial charge in [-0.1, -0.05) is 0 Å². The summed E-state index contributed by atoms with van der Waals surface area (Å²) in [6.45, 7) is -1.91. The van der Waals surface area contributed by atoms with Crippen LogP contribution in [0.2, 0.25) is 0 Å². The smallest absolute Gasteiger partial charge is 0.396 e. The molecular weight excluding hydrogens is 253 g/mol. The van der Waals surface area contributed by atoms with Crippen LogP contribution >= 0.6 is 15.9 Å². The van der Waals surface area contributed by atoms with Gasteiger partial charge >= 0.3 is 12.1 Å². The number of hydrogen-bond donors (Lipinski definition) is 0. The van der Waals surface area contributed by atoms with Gasteiger partial charge in [0.1, 0.15) is 0 Å². The molecule has 0 spiro atoms. The van der Waals surface area contributed by atoms with Crippen molar-refractivity contribution in [2.75, 3.05) is 6.67 Å². The molecule has 0 aliphatic rings. The van der Waals surface area contributed by atoms with E-state index in [1.54, 1.807) is 0 Å². The quantitative estimate of drug-likeness (QED) is 0.832. The third-order valence-corrected chi connectivity index (χ3v) is 1.40. The molecule has 0 N–H and O–H groups in total. The summed E-state index contributed by atoms with van der Waals surface area (Å²) in [5.41, 5.74) is 0. The first-order valence-electron chi connectivity index (χ1n) is 3.14. The first-order valence-corrected chi connectivity index (χ1v) is 3.93. The van der Waals surface area contributed by atoms with Crippen molar-refractivity contribution in [1.82, 2.24) is 9.97 Å². The fourth-order valence-electron chi connectivity index (χ4n) is 0.514. The Labute approximate surface area is 80.1 Å². The van der Waals surface area contributed by atoms with Crippen LogP contribution < -0.4 is 4.74 Å². The second-order valence-electron chi connectivity index (χ2n) is 2.06. The Balaban J connectivity index is 2.69. The van der Waals surface area contributed by atoms with Crippen molar-refractivity contribution in [3.8, 4) is 6.01 Å². The number of nitrogens with zero attached hydrogens (tertiary/aromatic N) is 2. The lowest BCUT2D eigenvalue weighted by Gasteiger charge is -2.11. The number of ether oxygens (including phenoxy) is 1. The van der Waals surface area contributed by atoms with Crippen LogP contribution in [0.5, 0.6) is 6.01 Å². The fraction of sp³-hybridized carbons (Fsp3) is 0.333. The molecule has 0 radical (unpaired) electrons. The first kappa shape index (κ1) is 10.2. The topological polar surface area (TPSA) is 35.0 Å². The van der Waals surface area contributed by atoms with E-state index in [0.29, 0.717) is 4.47 Å². The molecule has 1 heterocycles. The van der Waals surface area contributed by atoms with Crippen LogP contribution in [0.1, 0.15) is 0 Å². The minimum absolute atomic E-state index is 0.517. The van der Waals surface area contributed by atoms with Gasteiger partial charge in [0.2, 0.25) is 0 Å². The molecule has 13 heavy (non-hydrogen) atoms. The lowest BCUT2D eigenvalue weighted by Crippen LogP contribution is -2.27. The molecule has 0 saturated carbocycles. The second-order valence-corrected chi connectivity index (χ2v) is 2.97. The van der Waals surface area contributed by atoms with Gasteiger partial charge in [0.15, 0.2) is 6.67 Å². The zero-order chi connectivity index (χ0) is 9.90. The van der Waals surface area contributed by atoms with Gasteiger partial charge in [0.25, 0.3) is 0 Å². The standard InChI is InChI=1S/C6H4BrF3N2O/c7-4-1-11-5(12-2-4)13-6(9,10)3-8/h1-2H,3H2. The van der Waals surface area contributed by atoms with E-state index in [0.717, 1.165) is 0 Å². The highest BCUT2D eigenvalue weighted by molar-refractivity contribution is 9.10. The van der Waals surface area contributed by atoms with E-state index in [9.17, 15) is 13.2 Å². The Hall–Kier alpha value is -0.850. The van der Waals surface area contributed by atoms with Crippen molar-refractivity contribution in [3.05, 3.63) is 16.9 Å². The van der Waals surface area contributed by atoms with Gasteiger partial charge in [0.05, 0.1) is 4.47 Å². The lowest BCUT2D eigenvalue weighted by atomic mass is 10.7. The average Bonchev–Trinajstić information content (AvgIpc) is 2.09. The summed E-state index contributed by atoms with van der Waals surface area (Å²) in [4.78, 5) is 6.77. The summed E-state index contributed by atoms with van der Waals surface area (Å²) in [5, 5.41) is 0. The number of hydrogen-bond acceptors (Lipinski definition) is 3. The number of aromatic nitrogens is 2. The van der Waals surface area contributed by atoms with E-state index in [1.807, 2.05) is 0 Å². The van der Waals surface area contributed by atoms with E-state index in [2.05, 4.69) is 30.6 Å². The molecule has 0 fully saturated rings. The van der Waals surface area contributed by atoms with Crippen molar-refractivity contribution in [2.45, 2.75) is 6.11 Å². The Morgan fingerprint density at radius 2 is 1.92 bits per heavy atom. The molecule has 3 nitrogen and oxygen atoms in total. The molecule has 1 aromatic heterocycles. The summed E-state index contributed by atoms with van der Waals surface area (Å²) in [7, 11) is 0.